The second kappa shape index (κ2) is 5.54. The maximum absolute atomic E-state index is 10.7. The second-order valence-electron chi connectivity index (χ2n) is 2.80. The van der Waals surface area contributed by atoms with Gasteiger partial charge in [-0.05, 0) is 11.6 Å². The Balaban J connectivity index is 3.08. The van der Waals surface area contributed by atoms with Gasteiger partial charge in [0.05, 0.1) is 11.5 Å². The normalized spacial score (nSPS) is 9.31. The van der Waals surface area contributed by atoms with E-state index < -0.39 is 4.92 Å². The lowest BCUT2D eigenvalue weighted by Crippen LogP contribution is -2.07. The van der Waals surface area contributed by atoms with E-state index in [9.17, 15) is 10.1 Å². The van der Waals surface area contributed by atoms with Gasteiger partial charge in [-0.3, -0.25) is 10.1 Å². The molecule has 0 aliphatic heterocycles. The Morgan fingerprint density at radius 1 is 1.62 bits per heavy atom. The molecule has 0 saturated carbocycles. The molecule has 0 aromatic heterocycles. The first kappa shape index (κ1) is 11.8. The molecule has 8 nitrogen and oxygen atoms in total. The van der Waals surface area contributed by atoms with Crippen LogP contribution in [0.2, 0.25) is 0 Å². The largest absolute Gasteiger partial charge is 0.395 e. The summed E-state index contributed by atoms with van der Waals surface area (Å²) < 4.78 is 0. The van der Waals surface area contributed by atoms with Crippen LogP contribution in [0.3, 0.4) is 0 Å². The Morgan fingerprint density at radius 2 is 2.38 bits per heavy atom. The highest BCUT2D eigenvalue weighted by atomic mass is 16.6. The maximum atomic E-state index is 10.7. The number of benzene rings is 1. The number of rotatable bonds is 5. The third-order valence-electron chi connectivity index (χ3n) is 1.77. The van der Waals surface area contributed by atoms with Gasteiger partial charge < -0.3 is 10.4 Å². The van der Waals surface area contributed by atoms with E-state index in [2.05, 4.69) is 15.3 Å². The smallest absolute Gasteiger partial charge is 0.292 e. The first-order chi connectivity index (χ1) is 7.69. The van der Waals surface area contributed by atoms with Gasteiger partial charge in [-0.15, -0.1) is 0 Å². The van der Waals surface area contributed by atoms with Crippen molar-refractivity contribution in [2.45, 2.75) is 0 Å². The molecule has 1 rings (SSSR count). The molecule has 0 aliphatic rings. The zero-order valence-electron chi connectivity index (χ0n) is 8.20. The number of anilines is 1. The van der Waals surface area contributed by atoms with Crippen molar-refractivity contribution < 1.29 is 10.0 Å². The minimum Gasteiger partial charge on any atom is -0.395 e. The van der Waals surface area contributed by atoms with Crippen molar-refractivity contribution in [1.29, 1.82) is 0 Å². The Kier molecular flexibility index (Phi) is 4.07. The molecule has 0 saturated heterocycles. The van der Waals surface area contributed by atoms with Crippen molar-refractivity contribution in [1.82, 2.24) is 0 Å². The summed E-state index contributed by atoms with van der Waals surface area (Å²) in [7, 11) is 0. The molecule has 0 radical (unpaired) electrons. The third-order valence-corrected chi connectivity index (χ3v) is 1.77. The fourth-order valence-electron chi connectivity index (χ4n) is 1.12. The van der Waals surface area contributed by atoms with Gasteiger partial charge in [-0.25, -0.2) is 0 Å². The van der Waals surface area contributed by atoms with Crippen LogP contribution >= 0.6 is 0 Å². The lowest BCUT2D eigenvalue weighted by molar-refractivity contribution is -0.383. The molecule has 0 heterocycles. The van der Waals surface area contributed by atoms with Crippen LogP contribution in [0.15, 0.2) is 23.3 Å². The van der Waals surface area contributed by atoms with Crippen molar-refractivity contribution in [2.75, 3.05) is 18.5 Å². The van der Waals surface area contributed by atoms with Crippen molar-refractivity contribution in [2.24, 2.45) is 5.11 Å². The van der Waals surface area contributed by atoms with Gasteiger partial charge in [0, 0.05) is 23.2 Å². The summed E-state index contributed by atoms with van der Waals surface area (Å²) in [6.07, 6.45) is 0. The van der Waals surface area contributed by atoms with E-state index in [0.717, 1.165) is 0 Å². The number of hydrogen-bond donors (Lipinski definition) is 2. The van der Waals surface area contributed by atoms with E-state index in [1.807, 2.05) is 0 Å². The fraction of sp³-hybridized carbons (Fsp3) is 0.250. The van der Waals surface area contributed by atoms with Crippen molar-refractivity contribution >= 4 is 17.1 Å². The van der Waals surface area contributed by atoms with Crippen molar-refractivity contribution in [3.05, 3.63) is 38.8 Å². The molecule has 1 aromatic carbocycles. The molecular formula is C8H9N5O3. The molecule has 2 N–H and O–H groups in total. The first-order valence-corrected chi connectivity index (χ1v) is 4.37. The van der Waals surface area contributed by atoms with Crippen LogP contribution in [0.1, 0.15) is 0 Å². The number of nitro groups is 1. The Labute approximate surface area is 90.3 Å². The highest BCUT2D eigenvalue weighted by Gasteiger charge is 2.13. The van der Waals surface area contributed by atoms with Crippen molar-refractivity contribution in [3.8, 4) is 0 Å². The Hall–Kier alpha value is -2.31. The summed E-state index contributed by atoms with van der Waals surface area (Å²) in [4.78, 5) is 12.7. The molecule has 84 valence electrons. The number of aliphatic hydroxyl groups excluding tert-OH is 1. The van der Waals surface area contributed by atoms with Gasteiger partial charge in [0.1, 0.15) is 5.69 Å². The van der Waals surface area contributed by atoms with Crippen LogP contribution in [0.25, 0.3) is 10.4 Å². The molecule has 0 unspecified atom stereocenters. The lowest BCUT2D eigenvalue weighted by atomic mass is 10.2. The van der Waals surface area contributed by atoms with E-state index in [-0.39, 0.29) is 30.2 Å². The number of nitrogens with one attached hydrogen (secondary N) is 1. The summed E-state index contributed by atoms with van der Waals surface area (Å²) >= 11 is 0. The topological polar surface area (TPSA) is 124 Å². The summed E-state index contributed by atoms with van der Waals surface area (Å²) in [6, 6.07) is 4.05. The molecular weight excluding hydrogens is 214 g/mol. The number of nitro benzene ring substituents is 1. The zero-order chi connectivity index (χ0) is 12.0. The summed E-state index contributed by atoms with van der Waals surface area (Å²) in [5.74, 6) is 0. The van der Waals surface area contributed by atoms with E-state index in [0.29, 0.717) is 0 Å². The molecule has 0 fully saturated rings. The SMILES string of the molecule is [N-]=[N+]=Nc1ccc(NCCO)c([N+](=O)[O-])c1. The number of nitrogens with zero attached hydrogens (tertiary/aromatic N) is 4. The molecule has 8 heteroatoms. The highest BCUT2D eigenvalue weighted by molar-refractivity contribution is 5.66. The fourth-order valence-corrected chi connectivity index (χ4v) is 1.12. The highest BCUT2D eigenvalue weighted by Crippen LogP contribution is 2.29. The summed E-state index contributed by atoms with van der Waals surface area (Å²) in [5, 5.41) is 25.3. The van der Waals surface area contributed by atoms with E-state index >= 15 is 0 Å². The van der Waals surface area contributed by atoms with Crippen LogP contribution in [-0.4, -0.2) is 23.2 Å². The second-order valence-corrected chi connectivity index (χ2v) is 2.80. The minimum atomic E-state index is -0.587. The van der Waals surface area contributed by atoms with Gasteiger partial charge >= 0.3 is 0 Å². The number of aliphatic hydroxyl groups is 1. The predicted molar refractivity (Wildman–Crippen MR) is 57.5 cm³/mol. The molecule has 0 amide bonds. The van der Waals surface area contributed by atoms with Gasteiger partial charge in [-0.2, -0.15) is 0 Å². The number of hydrogen-bond acceptors (Lipinski definition) is 5. The maximum Gasteiger partial charge on any atom is 0.292 e. The monoisotopic (exact) mass is 223 g/mol. The zero-order valence-corrected chi connectivity index (χ0v) is 8.20. The van der Waals surface area contributed by atoms with E-state index in [4.69, 9.17) is 10.6 Å². The van der Waals surface area contributed by atoms with Crippen LogP contribution in [-0.2, 0) is 0 Å². The summed E-state index contributed by atoms with van der Waals surface area (Å²) in [5.41, 5.74) is 8.45. The average Bonchev–Trinajstić information content (AvgIpc) is 2.27. The third kappa shape index (κ3) is 2.84. The first-order valence-electron chi connectivity index (χ1n) is 4.37. The van der Waals surface area contributed by atoms with Crippen LogP contribution in [0, 0.1) is 10.1 Å². The van der Waals surface area contributed by atoms with Crippen LogP contribution in [0.5, 0.6) is 0 Å². The van der Waals surface area contributed by atoms with Crippen LogP contribution in [0.4, 0.5) is 17.1 Å². The van der Waals surface area contributed by atoms with Crippen LogP contribution < -0.4 is 5.32 Å². The minimum absolute atomic E-state index is 0.130. The van der Waals surface area contributed by atoms with E-state index in [1.165, 1.54) is 18.2 Å². The van der Waals surface area contributed by atoms with Gasteiger partial charge in [0.2, 0.25) is 0 Å². The predicted octanol–water partition coefficient (Wildman–Crippen LogP) is 1.94. The Bertz CT molecular complexity index is 441. The summed E-state index contributed by atoms with van der Waals surface area (Å²) in [6.45, 7) is 0.0803. The lowest BCUT2D eigenvalue weighted by Gasteiger charge is -2.05. The average molecular weight is 223 g/mol. The van der Waals surface area contributed by atoms with Gasteiger partial charge in [-0.1, -0.05) is 11.2 Å². The standard InChI is InChI=1S/C8H9N5O3/c9-12-11-6-1-2-7(10-3-4-14)8(5-6)13(15)16/h1-2,5,10,14H,3-4H2. The van der Waals surface area contributed by atoms with Gasteiger partial charge in [0.25, 0.3) is 5.69 Å². The molecule has 0 atom stereocenters. The van der Waals surface area contributed by atoms with E-state index in [1.54, 1.807) is 0 Å². The molecule has 0 aliphatic carbocycles. The quantitative estimate of drug-likeness (QED) is 0.260. The van der Waals surface area contributed by atoms with Gasteiger partial charge in [0.15, 0.2) is 0 Å². The molecule has 0 spiro atoms. The molecule has 16 heavy (non-hydrogen) atoms. The Morgan fingerprint density at radius 3 is 2.94 bits per heavy atom. The molecule has 1 aromatic rings. The number of azide groups is 1. The van der Waals surface area contributed by atoms with Crippen molar-refractivity contribution in [3.63, 3.8) is 0 Å². The molecule has 0 bridgehead atoms.